The molecule has 0 unspecified atom stereocenters. The number of primary amides is 1. The Labute approximate surface area is 181 Å². The number of benzene rings is 2. The fourth-order valence-corrected chi connectivity index (χ4v) is 3.55. The van der Waals surface area contributed by atoms with Gasteiger partial charge in [0, 0.05) is 37.6 Å². The lowest BCUT2D eigenvalue weighted by molar-refractivity contribution is -0.116. The zero-order valence-corrected chi connectivity index (χ0v) is 17.6. The molecule has 7 nitrogen and oxygen atoms in total. The molecule has 3 aromatic rings. The van der Waals surface area contributed by atoms with Gasteiger partial charge in [0.15, 0.2) is 0 Å². The first kappa shape index (κ1) is 20.4. The Morgan fingerprint density at radius 2 is 1.74 bits per heavy atom. The van der Waals surface area contributed by atoms with E-state index in [2.05, 4.69) is 27.8 Å². The first-order valence-corrected chi connectivity index (χ1v) is 10.1. The molecule has 4 rings (SSSR count). The van der Waals surface area contributed by atoms with Crippen molar-refractivity contribution in [3.8, 4) is 0 Å². The molecule has 31 heavy (non-hydrogen) atoms. The SMILES string of the molecule is CC(=O)N(C)c1ccc(Nc2cc(NC3(c4ccccc4)CC3)c(C(N)=O)cn2)cc1. The second kappa shape index (κ2) is 8.10. The molecule has 1 aliphatic carbocycles. The minimum Gasteiger partial charge on any atom is -0.375 e. The predicted molar refractivity (Wildman–Crippen MR) is 123 cm³/mol. The molecule has 2 amide bonds. The summed E-state index contributed by atoms with van der Waals surface area (Å²) >= 11 is 0. The highest BCUT2D eigenvalue weighted by Gasteiger charge is 2.44. The number of pyridine rings is 1. The molecule has 0 spiro atoms. The molecule has 0 radical (unpaired) electrons. The summed E-state index contributed by atoms with van der Waals surface area (Å²) in [5.74, 6) is 0.0265. The lowest BCUT2D eigenvalue weighted by atomic mass is 10.0. The highest BCUT2D eigenvalue weighted by Crippen LogP contribution is 2.48. The standard InChI is InChI=1S/C24H25N5O2/c1-16(30)29(2)19-10-8-18(9-11-19)27-22-14-21(20(15-26-22)23(25)31)28-24(12-13-24)17-6-4-3-5-7-17/h3-11,14-15H,12-13H2,1-2H3,(H2,25,31)(H2,26,27,28). The van der Waals surface area contributed by atoms with E-state index in [1.54, 1.807) is 18.0 Å². The van der Waals surface area contributed by atoms with Gasteiger partial charge in [-0.05, 0) is 42.7 Å². The van der Waals surface area contributed by atoms with Crippen LogP contribution in [0.15, 0.2) is 66.9 Å². The number of aromatic nitrogens is 1. The number of hydrogen-bond acceptors (Lipinski definition) is 5. The second-order valence-electron chi connectivity index (χ2n) is 7.80. The van der Waals surface area contributed by atoms with Crippen molar-refractivity contribution in [2.24, 2.45) is 5.73 Å². The number of nitrogens with two attached hydrogens (primary N) is 1. The van der Waals surface area contributed by atoms with E-state index >= 15 is 0 Å². The fraction of sp³-hybridized carbons (Fsp3) is 0.208. The summed E-state index contributed by atoms with van der Waals surface area (Å²) in [6, 6.07) is 19.5. The number of rotatable bonds is 7. The predicted octanol–water partition coefficient (Wildman–Crippen LogP) is 4.01. The third-order valence-electron chi connectivity index (χ3n) is 5.62. The van der Waals surface area contributed by atoms with Crippen molar-refractivity contribution in [2.45, 2.75) is 25.3 Å². The van der Waals surface area contributed by atoms with Gasteiger partial charge in [-0.25, -0.2) is 4.98 Å². The van der Waals surface area contributed by atoms with Crippen molar-refractivity contribution in [1.29, 1.82) is 0 Å². The van der Waals surface area contributed by atoms with Crippen molar-refractivity contribution >= 4 is 34.7 Å². The molecule has 1 aliphatic rings. The van der Waals surface area contributed by atoms with E-state index in [9.17, 15) is 9.59 Å². The molecule has 1 heterocycles. The maximum Gasteiger partial charge on any atom is 0.252 e. The maximum atomic E-state index is 12.0. The number of nitrogens with one attached hydrogen (secondary N) is 2. The van der Waals surface area contributed by atoms with E-state index in [-0.39, 0.29) is 11.4 Å². The van der Waals surface area contributed by atoms with Crippen LogP contribution >= 0.6 is 0 Å². The van der Waals surface area contributed by atoms with Crippen molar-refractivity contribution < 1.29 is 9.59 Å². The van der Waals surface area contributed by atoms with E-state index in [4.69, 9.17) is 5.73 Å². The van der Waals surface area contributed by atoms with Crippen molar-refractivity contribution in [3.05, 3.63) is 78.0 Å². The van der Waals surface area contributed by atoms with Gasteiger partial charge < -0.3 is 21.3 Å². The third kappa shape index (κ3) is 4.35. The molecule has 2 aromatic carbocycles. The Morgan fingerprint density at radius 1 is 1.06 bits per heavy atom. The third-order valence-corrected chi connectivity index (χ3v) is 5.62. The monoisotopic (exact) mass is 415 g/mol. The van der Waals surface area contributed by atoms with E-state index < -0.39 is 5.91 Å². The minimum absolute atomic E-state index is 0.0347. The number of carbonyl (C=O) groups excluding carboxylic acids is 2. The minimum atomic E-state index is -0.526. The van der Waals surface area contributed by atoms with Crippen LogP contribution in [0.2, 0.25) is 0 Å². The van der Waals surface area contributed by atoms with Crippen LogP contribution in [0.4, 0.5) is 22.9 Å². The van der Waals surface area contributed by atoms with Gasteiger partial charge in [0.25, 0.3) is 5.91 Å². The summed E-state index contributed by atoms with van der Waals surface area (Å²) in [5, 5.41) is 6.78. The van der Waals surface area contributed by atoms with Gasteiger partial charge in [0.05, 0.1) is 16.8 Å². The molecule has 1 fully saturated rings. The molecule has 1 saturated carbocycles. The summed E-state index contributed by atoms with van der Waals surface area (Å²) < 4.78 is 0. The van der Waals surface area contributed by atoms with Crippen LogP contribution in [0.25, 0.3) is 0 Å². The molecular formula is C24H25N5O2. The van der Waals surface area contributed by atoms with Crippen LogP contribution in [0.1, 0.15) is 35.7 Å². The Kier molecular flexibility index (Phi) is 5.33. The van der Waals surface area contributed by atoms with E-state index in [0.29, 0.717) is 17.1 Å². The fourth-order valence-electron chi connectivity index (χ4n) is 3.55. The molecule has 7 heteroatoms. The van der Waals surface area contributed by atoms with Crippen LogP contribution < -0.4 is 21.3 Å². The Morgan fingerprint density at radius 3 is 2.32 bits per heavy atom. The van der Waals surface area contributed by atoms with Gasteiger partial charge in [-0.15, -0.1) is 0 Å². The normalized spacial score (nSPS) is 13.9. The highest BCUT2D eigenvalue weighted by molar-refractivity contribution is 5.99. The van der Waals surface area contributed by atoms with E-state index in [1.807, 2.05) is 42.5 Å². The molecule has 0 bridgehead atoms. The molecule has 158 valence electrons. The summed E-state index contributed by atoms with van der Waals surface area (Å²) in [6.45, 7) is 1.52. The Hall–Kier alpha value is -3.87. The van der Waals surface area contributed by atoms with Gasteiger partial charge in [0.1, 0.15) is 5.82 Å². The van der Waals surface area contributed by atoms with Crippen LogP contribution in [-0.2, 0) is 10.3 Å². The lowest BCUT2D eigenvalue weighted by Gasteiger charge is -2.21. The molecule has 4 N–H and O–H groups in total. The van der Waals surface area contributed by atoms with Gasteiger partial charge in [-0.2, -0.15) is 0 Å². The largest absolute Gasteiger partial charge is 0.375 e. The van der Waals surface area contributed by atoms with Gasteiger partial charge in [-0.3, -0.25) is 9.59 Å². The smallest absolute Gasteiger partial charge is 0.252 e. The maximum absolute atomic E-state index is 12.0. The number of hydrogen-bond donors (Lipinski definition) is 3. The van der Waals surface area contributed by atoms with Crippen molar-refractivity contribution in [3.63, 3.8) is 0 Å². The van der Waals surface area contributed by atoms with Gasteiger partial charge in [0.2, 0.25) is 5.91 Å². The quantitative estimate of drug-likeness (QED) is 0.541. The Bertz CT molecular complexity index is 1110. The van der Waals surface area contributed by atoms with Crippen molar-refractivity contribution in [2.75, 3.05) is 22.6 Å². The number of carbonyl (C=O) groups is 2. The first-order valence-electron chi connectivity index (χ1n) is 10.1. The summed E-state index contributed by atoms with van der Waals surface area (Å²) in [4.78, 5) is 29.4. The average molecular weight is 415 g/mol. The summed E-state index contributed by atoms with van der Waals surface area (Å²) in [7, 11) is 1.73. The zero-order valence-electron chi connectivity index (χ0n) is 17.6. The van der Waals surface area contributed by atoms with Crippen LogP contribution in [0.3, 0.4) is 0 Å². The molecule has 0 atom stereocenters. The van der Waals surface area contributed by atoms with Gasteiger partial charge in [-0.1, -0.05) is 30.3 Å². The number of anilines is 4. The van der Waals surface area contributed by atoms with Gasteiger partial charge >= 0.3 is 0 Å². The van der Waals surface area contributed by atoms with Crippen LogP contribution in [-0.4, -0.2) is 23.8 Å². The molecule has 0 saturated heterocycles. The van der Waals surface area contributed by atoms with E-state index in [0.717, 1.165) is 24.2 Å². The first-order chi connectivity index (χ1) is 14.9. The second-order valence-corrected chi connectivity index (χ2v) is 7.80. The van der Waals surface area contributed by atoms with E-state index in [1.165, 1.54) is 18.7 Å². The Balaban J connectivity index is 1.58. The van der Waals surface area contributed by atoms with Crippen LogP contribution in [0.5, 0.6) is 0 Å². The number of amides is 2. The van der Waals surface area contributed by atoms with Crippen LogP contribution in [0, 0.1) is 0 Å². The molecule has 1 aromatic heterocycles. The topological polar surface area (TPSA) is 100 Å². The molecule has 0 aliphatic heterocycles. The summed E-state index contributed by atoms with van der Waals surface area (Å²) in [6.07, 6.45) is 3.45. The number of nitrogens with zero attached hydrogens (tertiary/aromatic N) is 2. The average Bonchev–Trinajstić information content (AvgIpc) is 3.55. The lowest BCUT2D eigenvalue weighted by Crippen LogP contribution is -2.22. The molecular weight excluding hydrogens is 390 g/mol. The zero-order chi connectivity index (χ0) is 22.0. The summed E-state index contributed by atoms with van der Waals surface area (Å²) in [5.41, 5.74) is 9.21. The highest BCUT2D eigenvalue weighted by atomic mass is 16.2. The van der Waals surface area contributed by atoms with Crippen molar-refractivity contribution in [1.82, 2.24) is 4.98 Å².